The molecule has 0 aliphatic carbocycles. The average molecular weight is 323 g/mol. The summed E-state index contributed by atoms with van der Waals surface area (Å²) in [6, 6.07) is 5.43. The number of nitrogens with two attached hydrogens (primary N) is 1. The molecule has 24 heavy (non-hydrogen) atoms. The molecule has 4 rings (SSSR count). The first-order valence-electron chi connectivity index (χ1n) is 7.21. The van der Waals surface area contributed by atoms with E-state index in [0.717, 1.165) is 11.3 Å². The molecule has 0 saturated carbocycles. The number of aryl methyl sites for hydroxylation is 1. The number of fused-ring (bicyclic) bond motifs is 1. The van der Waals surface area contributed by atoms with Crippen molar-refractivity contribution in [3.8, 4) is 11.5 Å². The van der Waals surface area contributed by atoms with Gasteiger partial charge in [0, 0.05) is 24.0 Å². The number of anilines is 3. The van der Waals surface area contributed by atoms with Crippen LogP contribution in [-0.2, 0) is 6.54 Å². The van der Waals surface area contributed by atoms with E-state index in [0.29, 0.717) is 29.4 Å². The Morgan fingerprint density at radius 3 is 2.92 bits per heavy atom. The molecule has 9 heteroatoms. The third-order valence-corrected chi connectivity index (χ3v) is 3.62. The molecule has 0 atom stereocenters. The highest BCUT2D eigenvalue weighted by Gasteiger charge is 2.19. The SMILES string of the molecule is Cc1noc(-c2cnc(Nc3ccc4c(c3)CNC4=O)nc2N)n1. The lowest BCUT2D eigenvalue weighted by Gasteiger charge is -2.07. The van der Waals surface area contributed by atoms with Gasteiger partial charge >= 0.3 is 0 Å². The van der Waals surface area contributed by atoms with E-state index < -0.39 is 0 Å². The van der Waals surface area contributed by atoms with Gasteiger partial charge in [-0.2, -0.15) is 9.97 Å². The molecule has 3 heterocycles. The fourth-order valence-corrected chi connectivity index (χ4v) is 2.47. The zero-order valence-corrected chi connectivity index (χ0v) is 12.7. The number of hydrogen-bond donors (Lipinski definition) is 3. The molecule has 0 bridgehead atoms. The molecule has 120 valence electrons. The first-order chi connectivity index (χ1) is 11.6. The molecule has 1 aromatic carbocycles. The predicted octanol–water partition coefficient (Wildman–Crippen LogP) is 1.40. The van der Waals surface area contributed by atoms with Gasteiger partial charge in [-0.05, 0) is 30.7 Å². The Kier molecular flexibility index (Phi) is 3.12. The van der Waals surface area contributed by atoms with Crippen LogP contribution >= 0.6 is 0 Å². The van der Waals surface area contributed by atoms with E-state index in [-0.39, 0.29) is 17.6 Å². The highest BCUT2D eigenvalue weighted by molar-refractivity contribution is 5.98. The van der Waals surface area contributed by atoms with Gasteiger partial charge in [0.1, 0.15) is 11.4 Å². The maximum atomic E-state index is 11.6. The number of rotatable bonds is 3. The highest BCUT2D eigenvalue weighted by Crippen LogP contribution is 2.25. The van der Waals surface area contributed by atoms with E-state index >= 15 is 0 Å². The Hall–Kier alpha value is -3.49. The smallest absolute Gasteiger partial charge is 0.263 e. The molecular weight excluding hydrogens is 310 g/mol. The van der Waals surface area contributed by atoms with Gasteiger partial charge in [-0.25, -0.2) is 4.98 Å². The summed E-state index contributed by atoms with van der Waals surface area (Å²) in [6.45, 7) is 2.23. The number of amides is 1. The van der Waals surface area contributed by atoms with E-state index in [1.165, 1.54) is 6.20 Å². The Morgan fingerprint density at radius 2 is 2.17 bits per heavy atom. The van der Waals surface area contributed by atoms with E-state index in [1.54, 1.807) is 19.1 Å². The summed E-state index contributed by atoms with van der Waals surface area (Å²) in [5.74, 6) is 1.29. The second kappa shape index (κ2) is 5.30. The zero-order valence-electron chi connectivity index (χ0n) is 12.7. The normalized spacial score (nSPS) is 12.8. The van der Waals surface area contributed by atoms with Gasteiger partial charge in [0.15, 0.2) is 5.82 Å². The van der Waals surface area contributed by atoms with Gasteiger partial charge < -0.3 is 20.9 Å². The Balaban J connectivity index is 1.59. The standard InChI is InChI=1S/C15H13N7O2/c1-7-19-14(24-22-7)11-6-18-15(21-12(11)16)20-9-2-3-10-8(4-9)5-17-13(10)23/h2-4,6H,5H2,1H3,(H,17,23)(H3,16,18,20,21). The number of hydrogen-bond acceptors (Lipinski definition) is 8. The second-order valence-corrected chi connectivity index (χ2v) is 5.32. The second-order valence-electron chi connectivity index (χ2n) is 5.32. The van der Waals surface area contributed by atoms with Gasteiger partial charge in [0.2, 0.25) is 5.95 Å². The summed E-state index contributed by atoms with van der Waals surface area (Å²) in [6.07, 6.45) is 1.52. The summed E-state index contributed by atoms with van der Waals surface area (Å²) < 4.78 is 5.07. The van der Waals surface area contributed by atoms with Gasteiger partial charge in [-0.3, -0.25) is 4.79 Å². The van der Waals surface area contributed by atoms with Crippen LogP contribution in [0.5, 0.6) is 0 Å². The van der Waals surface area contributed by atoms with Crippen LogP contribution in [0, 0.1) is 6.92 Å². The molecule has 1 aliphatic heterocycles. The van der Waals surface area contributed by atoms with Gasteiger partial charge in [0.05, 0.1) is 0 Å². The van der Waals surface area contributed by atoms with Crippen molar-refractivity contribution in [2.75, 3.05) is 11.1 Å². The molecule has 3 aromatic rings. The van der Waals surface area contributed by atoms with Crippen LogP contribution < -0.4 is 16.4 Å². The molecular formula is C15H13N7O2. The number of carbonyl (C=O) groups excluding carboxylic acids is 1. The maximum Gasteiger partial charge on any atom is 0.263 e. The third kappa shape index (κ3) is 2.41. The first-order valence-corrected chi connectivity index (χ1v) is 7.21. The molecule has 1 aliphatic rings. The van der Waals surface area contributed by atoms with Crippen LogP contribution in [0.25, 0.3) is 11.5 Å². The lowest BCUT2D eigenvalue weighted by molar-refractivity contribution is 0.0966. The van der Waals surface area contributed by atoms with Gasteiger partial charge in [-0.1, -0.05) is 5.16 Å². The van der Waals surface area contributed by atoms with Crippen LogP contribution in [0.4, 0.5) is 17.5 Å². The predicted molar refractivity (Wildman–Crippen MR) is 85.4 cm³/mol. The number of nitrogen functional groups attached to an aromatic ring is 1. The van der Waals surface area contributed by atoms with Crippen molar-refractivity contribution in [3.05, 3.63) is 41.3 Å². The number of nitrogens with zero attached hydrogens (tertiary/aromatic N) is 4. The summed E-state index contributed by atoms with van der Waals surface area (Å²) in [5, 5.41) is 9.55. The Labute approximate surface area is 136 Å². The minimum Gasteiger partial charge on any atom is -0.383 e. The third-order valence-electron chi connectivity index (χ3n) is 3.62. The van der Waals surface area contributed by atoms with Crippen LogP contribution in [-0.4, -0.2) is 26.0 Å². The molecule has 9 nitrogen and oxygen atoms in total. The lowest BCUT2D eigenvalue weighted by Crippen LogP contribution is -2.12. The number of nitrogens with one attached hydrogen (secondary N) is 2. The van der Waals surface area contributed by atoms with Crippen LogP contribution in [0.15, 0.2) is 28.9 Å². The van der Waals surface area contributed by atoms with Crippen LogP contribution in [0.3, 0.4) is 0 Å². The van der Waals surface area contributed by atoms with E-state index in [2.05, 4.69) is 30.7 Å². The highest BCUT2D eigenvalue weighted by atomic mass is 16.5. The van der Waals surface area contributed by atoms with Crippen molar-refractivity contribution < 1.29 is 9.32 Å². The van der Waals surface area contributed by atoms with Crippen molar-refractivity contribution >= 4 is 23.4 Å². The fraction of sp³-hybridized carbons (Fsp3) is 0.133. The summed E-state index contributed by atoms with van der Waals surface area (Å²) in [5.41, 5.74) is 8.81. The number of benzene rings is 1. The minimum atomic E-state index is -0.0590. The van der Waals surface area contributed by atoms with Crippen LogP contribution in [0.2, 0.25) is 0 Å². The van der Waals surface area contributed by atoms with Gasteiger partial charge in [0.25, 0.3) is 11.8 Å². The zero-order chi connectivity index (χ0) is 16.7. The fourth-order valence-electron chi connectivity index (χ4n) is 2.47. The maximum absolute atomic E-state index is 11.6. The molecule has 0 saturated heterocycles. The van der Waals surface area contributed by atoms with Crippen molar-refractivity contribution in [2.45, 2.75) is 13.5 Å². The molecule has 1 amide bonds. The molecule has 0 fully saturated rings. The number of aromatic nitrogens is 4. The largest absolute Gasteiger partial charge is 0.383 e. The van der Waals surface area contributed by atoms with Crippen molar-refractivity contribution in [1.82, 2.24) is 25.4 Å². The molecule has 0 unspecified atom stereocenters. The Bertz CT molecular complexity index is 951. The van der Waals surface area contributed by atoms with Crippen molar-refractivity contribution in [1.29, 1.82) is 0 Å². The topological polar surface area (TPSA) is 132 Å². The van der Waals surface area contributed by atoms with E-state index in [1.807, 2.05) is 6.07 Å². The Morgan fingerprint density at radius 1 is 1.29 bits per heavy atom. The van der Waals surface area contributed by atoms with Crippen molar-refractivity contribution in [3.63, 3.8) is 0 Å². The monoisotopic (exact) mass is 323 g/mol. The molecule has 0 spiro atoms. The minimum absolute atomic E-state index is 0.0590. The van der Waals surface area contributed by atoms with Crippen molar-refractivity contribution in [2.24, 2.45) is 0 Å². The molecule has 0 radical (unpaired) electrons. The summed E-state index contributed by atoms with van der Waals surface area (Å²) in [7, 11) is 0. The molecule has 4 N–H and O–H groups in total. The number of carbonyl (C=O) groups is 1. The summed E-state index contributed by atoms with van der Waals surface area (Å²) >= 11 is 0. The quantitative estimate of drug-likeness (QED) is 0.659. The average Bonchev–Trinajstić information content (AvgIpc) is 3.14. The molecule has 2 aromatic heterocycles. The first kappa shape index (κ1) is 14.1. The lowest BCUT2D eigenvalue weighted by atomic mass is 10.1. The van der Waals surface area contributed by atoms with Crippen LogP contribution in [0.1, 0.15) is 21.7 Å². The van der Waals surface area contributed by atoms with Gasteiger partial charge in [-0.15, -0.1) is 0 Å². The van der Waals surface area contributed by atoms with E-state index in [4.69, 9.17) is 10.3 Å². The summed E-state index contributed by atoms with van der Waals surface area (Å²) in [4.78, 5) is 24.1. The van der Waals surface area contributed by atoms with E-state index in [9.17, 15) is 4.79 Å².